The molecule has 0 bridgehead atoms. The maximum atomic E-state index is 6.31. The second-order valence-electron chi connectivity index (χ2n) is 4.70. The van der Waals surface area contributed by atoms with Gasteiger partial charge in [-0.25, -0.2) is 0 Å². The maximum Gasteiger partial charge on any atom is 0.0423 e. The van der Waals surface area contributed by atoms with E-state index in [-0.39, 0.29) is 6.04 Å². The Labute approximate surface area is 91.9 Å². The van der Waals surface area contributed by atoms with E-state index in [0.717, 1.165) is 11.4 Å². The van der Waals surface area contributed by atoms with Gasteiger partial charge in [0.15, 0.2) is 0 Å². The highest BCUT2D eigenvalue weighted by atomic mass is 14.7. The number of nitrogens with zero attached hydrogens (tertiary/aromatic N) is 1. The third kappa shape index (κ3) is 2.20. The molecule has 1 heterocycles. The molecular weight excluding hydrogens is 184 g/mol. The van der Waals surface area contributed by atoms with Gasteiger partial charge in [-0.2, -0.15) is 0 Å². The van der Waals surface area contributed by atoms with Crippen molar-refractivity contribution in [3.05, 3.63) is 29.1 Å². The van der Waals surface area contributed by atoms with Gasteiger partial charge in [-0.1, -0.05) is 18.9 Å². The lowest BCUT2D eigenvalue weighted by Gasteiger charge is -2.20. The Morgan fingerprint density at radius 1 is 1.27 bits per heavy atom. The van der Waals surface area contributed by atoms with Crippen LogP contribution in [-0.2, 0) is 0 Å². The molecular formula is C13H20N2. The first-order chi connectivity index (χ1) is 7.18. The topological polar surface area (TPSA) is 38.9 Å². The van der Waals surface area contributed by atoms with E-state index in [0.29, 0.717) is 5.92 Å². The summed E-state index contributed by atoms with van der Waals surface area (Å²) >= 11 is 0. The van der Waals surface area contributed by atoms with Crippen molar-refractivity contribution >= 4 is 0 Å². The summed E-state index contributed by atoms with van der Waals surface area (Å²) in [7, 11) is 0. The number of hydrogen-bond acceptors (Lipinski definition) is 2. The Morgan fingerprint density at radius 3 is 2.53 bits per heavy atom. The first-order valence-electron chi connectivity index (χ1n) is 5.88. The molecule has 2 nitrogen and oxygen atoms in total. The Bertz CT molecular complexity index is 340. The minimum absolute atomic E-state index is 0.195. The molecule has 0 saturated heterocycles. The summed E-state index contributed by atoms with van der Waals surface area (Å²) in [4.78, 5) is 4.49. The van der Waals surface area contributed by atoms with Crippen LogP contribution in [0.5, 0.6) is 0 Å². The van der Waals surface area contributed by atoms with Crippen LogP contribution >= 0.6 is 0 Å². The van der Waals surface area contributed by atoms with Crippen LogP contribution in [0.15, 0.2) is 12.1 Å². The molecule has 1 aromatic rings. The minimum atomic E-state index is 0.195. The predicted molar refractivity (Wildman–Crippen MR) is 62.6 cm³/mol. The quantitative estimate of drug-likeness (QED) is 0.804. The number of nitrogens with two attached hydrogens (primary N) is 1. The number of aryl methyl sites for hydroxylation is 2. The summed E-state index contributed by atoms with van der Waals surface area (Å²) in [5.41, 5.74) is 9.74. The lowest BCUT2D eigenvalue weighted by molar-refractivity contribution is 0.442. The van der Waals surface area contributed by atoms with Gasteiger partial charge in [-0.05, 0) is 44.2 Å². The van der Waals surface area contributed by atoms with E-state index in [2.05, 4.69) is 24.0 Å². The second kappa shape index (κ2) is 4.31. The average Bonchev–Trinajstić information content (AvgIpc) is 2.69. The van der Waals surface area contributed by atoms with Gasteiger partial charge in [-0.15, -0.1) is 0 Å². The zero-order chi connectivity index (χ0) is 10.8. The molecule has 1 aliphatic carbocycles. The molecule has 2 rings (SSSR count). The Kier molecular flexibility index (Phi) is 3.06. The monoisotopic (exact) mass is 204 g/mol. The average molecular weight is 204 g/mol. The fraction of sp³-hybridized carbons (Fsp3) is 0.615. The molecule has 1 aliphatic rings. The first-order valence-corrected chi connectivity index (χ1v) is 5.88. The molecule has 0 amide bonds. The number of pyridine rings is 1. The van der Waals surface area contributed by atoms with E-state index in [4.69, 9.17) is 5.73 Å². The SMILES string of the molecule is Cc1ccc(C(N)C2CCCC2)c(C)n1. The number of hydrogen-bond donors (Lipinski definition) is 1. The summed E-state index contributed by atoms with van der Waals surface area (Å²) < 4.78 is 0. The first kappa shape index (κ1) is 10.6. The summed E-state index contributed by atoms with van der Waals surface area (Å²) in [5, 5.41) is 0. The third-order valence-electron chi connectivity index (χ3n) is 3.53. The molecule has 1 saturated carbocycles. The van der Waals surface area contributed by atoms with Gasteiger partial charge in [0.25, 0.3) is 0 Å². The van der Waals surface area contributed by atoms with Crippen LogP contribution in [0.25, 0.3) is 0 Å². The van der Waals surface area contributed by atoms with Crippen molar-refractivity contribution in [2.45, 2.75) is 45.6 Å². The van der Waals surface area contributed by atoms with Crippen LogP contribution in [0.2, 0.25) is 0 Å². The van der Waals surface area contributed by atoms with Crippen LogP contribution in [-0.4, -0.2) is 4.98 Å². The normalized spacial score (nSPS) is 19.4. The lowest BCUT2D eigenvalue weighted by atomic mass is 9.91. The predicted octanol–water partition coefficient (Wildman–Crippen LogP) is 2.89. The molecule has 2 heteroatoms. The highest BCUT2D eigenvalue weighted by Crippen LogP contribution is 2.34. The molecule has 1 unspecified atom stereocenters. The minimum Gasteiger partial charge on any atom is -0.324 e. The smallest absolute Gasteiger partial charge is 0.0423 e. The Hall–Kier alpha value is -0.890. The molecule has 1 aromatic heterocycles. The van der Waals surface area contributed by atoms with Crippen LogP contribution in [0, 0.1) is 19.8 Å². The van der Waals surface area contributed by atoms with Crippen molar-refractivity contribution in [1.29, 1.82) is 0 Å². The molecule has 0 radical (unpaired) electrons. The summed E-state index contributed by atoms with van der Waals surface area (Å²) in [6.07, 6.45) is 5.26. The molecule has 82 valence electrons. The van der Waals surface area contributed by atoms with Crippen LogP contribution in [0.3, 0.4) is 0 Å². The van der Waals surface area contributed by atoms with Gasteiger partial charge < -0.3 is 5.73 Å². The lowest BCUT2D eigenvalue weighted by Crippen LogP contribution is -2.20. The fourth-order valence-corrected chi connectivity index (χ4v) is 2.62. The number of rotatable bonds is 2. The Morgan fingerprint density at radius 2 is 1.93 bits per heavy atom. The van der Waals surface area contributed by atoms with E-state index in [9.17, 15) is 0 Å². The van der Waals surface area contributed by atoms with Crippen molar-refractivity contribution < 1.29 is 0 Å². The van der Waals surface area contributed by atoms with Crippen molar-refractivity contribution in [2.75, 3.05) is 0 Å². The number of aromatic nitrogens is 1. The zero-order valence-electron chi connectivity index (χ0n) is 9.66. The zero-order valence-corrected chi connectivity index (χ0v) is 9.66. The van der Waals surface area contributed by atoms with E-state index in [1.54, 1.807) is 0 Å². The van der Waals surface area contributed by atoms with Crippen LogP contribution in [0.1, 0.15) is 48.7 Å². The van der Waals surface area contributed by atoms with E-state index >= 15 is 0 Å². The van der Waals surface area contributed by atoms with Crippen molar-refractivity contribution in [1.82, 2.24) is 4.98 Å². The van der Waals surface area contributed by atoms with Gasteiger partial charge in [-0.3, -0.25) is 4.98 Å². The van der Waals surface area contributed by atoms with Crippen LogP contribution in [0.4, 0.5) is 0 Å². The van der Waals surface area contributed by atoms with E-state index in [1.807, 2.05) is 6.92 Å². The van der Waals surface area contributed by atoms with Crippen molar-refractivity contribution in [3.8, 4) is 0 Å². The standard InChI is InChI=1S/C13H20N2/c1-9-7-8-12(10(2)15-9)13(14)11-5-3-4-6-11/h7-8,11,13H,3-6,14H2,1-2H3. The van der Waals surface area contributed by atoms with Crippen LogP contribution < -0.4 is 5.73 Å². The molecule has 1 fully saturated rings. The maximum absolute atomic E-state index is 6.31. The van der Waals surface area contributed by atoms with Gasteiger partial charge in [0.2, 0.25) is 0 Å². The van der Waals surface area contributed by atoms with Crippen molar-refractivity contribution in [3.63, 3.8) is 0 Å². The third-order valence-corrected chi connectivity index (χ3v) is 3.53. The second-order valence-corrected chi connectivity index (χ2v) is 4.70. The van der Waals surface area contributed by atoms with E-state index in [1.165, 1.54) is 31.2 Å². The molecule has 0 aliphatic heterocycles. The van der Waals surface area contributed by atoms with E-state index < -0.39 is 0 Å². The fourth-order valence-electron chi connectivity index (χ4n) is 2.62. The molecule has 1 atom stereocenters. The highest BCUT2D eigenvalue weighted by molar-refractivity contribution is 5.25. The van der Waals surface area contributed by atoms with Gasteiger partial charge in [0.05, 0.1) is 0 Å². The molecule has 0 aromatic carbocycles. The summed E-state index contributed by atoms with van der Waals surface area (Å²) in [6, 6.07) is 4.42. The Balaban J connectivity index is 2.20. The molecule has 0 spiro atoms. The summed E-state index contributed by atoms with van der Waals surface area (Å²) in [6.45, 7) is 4.09. The highest BCUT2D eigenvalue weighted by Gasteiger charge is 2.24. The largest absolute Gasteiger partial charge is 0.324 e. The van der Waals surface area contributed by atoms with Gasteiger partial charge in [0.1, 0.15) is 0 Å². The molecule has 15 heavy (non-hydrogen) atoms. The van der Waals surface area contributed by atoms with Gasteiger partial charge in [0, 0.05) is 17.4 Å². The molecule has 2 N–H and O–H groups in total. The van der Waals surface area contributed by atoms with Crippen molar-refractivity contribution in [2.24, 2.45) is 11.7 Å². The summed E-state index contributed by atoms with van der Waals surface area (Å²) in [5.74, 6) is 0.674. The van der Waals surface area contributed by atoms with Gasteiger partial charge >= 0.3 is 0 Å².